The highest BCUT2D eigenvalue weighted by atomic mass is 32.2. The molecule has 0 fully saturated rings. The molecule has 5 amide bonds. The minimum absolute atomic E-state index is 0.0143. The molecule has 294 valence electrons. The Morgan fingerprint density at radius 3 is 1.90 bits per heavy atom. The topological polar surface area (TPSA) is 300 Å². The van der Waals surface area contributed by atoms with E-state index in [9.17, 15) is 56.7 Å². The van der Waals surface area contributed by atoms with Crippen molar-refractivity contribution < 1.29 is 56.7 Å². The average molecular weight is 759 g/mol. The summed E-state index contributed by atoms with van der Waals surface area (Å²) in [5.41, 5.74) is 3.90. The molecule has 0 aromatic heterocycles. The number of aliphatic carboxylic acids is 2. The standard InChI is InChI=1S/C19H32N4O11S.C14H22N2O/c1-18(2,9-19(3,4)17(30)31)16(29)23-11(8-35(32,33)34)14(26)22-10(15(27)28)5-6-13(25)21-7-12(20)24;1-3-5-11-16-14(17)12-6-8-13(9-7-12)15-10-4-2/h10-11H,5-9H2,1-4H3,(H2,20,24)(H,21,25)(H,22,26)(H,23,29)(H,27,28)(H,30,31)(H,32,33,34);6-9,15H,3-5,10-11H2,1-2H3,(H,16,17). The number of anilines is 1. The molecule has 1 rings (SSSR count). The van der Waals surface area contributed by atoms with Crippen molar-refractivity contribution in [1.82, 2.24) is 21.3 Å². The van der Waals surface area contributed by atoms with Crippen molar-refractivity contribution in [1.29, 1.82) is 0 Å². The van der Waals surface area contributed by atoms with Crippen molar-refractivity contribution in [2.24, 2.45) is 16.6 Å². The minimum Gasteiger partial charge on any atom is -0.481 e. The van der Waals surface area contributed by atoms with Gasteiger partial charge in [0.25, 0.3) is 16.0 Å². The molecule has 18 nitrogen and oxygen atoms in total. The summed E-state index contributed by atoms with van der Waals surface area (Å²) in [4.78, 5) is 82.3. The van der Waals surface area contributed by atoms with Gasteiger partial charge in [0.05, 0.1) is 12.0 Å². The average Bonchev–Trinajstić information content (AvgIpc) is 3.03. The molecular formula is C33H54N6O12S. The predicted molar refractivity (Wildman–Crippen MR) is 192 cm³/mol. The minimum atomic E-state index is -4.83. The molecule has 0 spiro atoms. The summed E-state index contributed by atoms with van der Waals surface area (Å²) in [6.07, 6.45) is 2.11. The Bertz CT molecular complexity index is 1500. The monoisotopic (exact) mass is 758 g/mol. The van der Waals surface area contributed by atoms with Crippen LogP contribution in [0.1, 0.15) is 90.4 Å². The molecule has 10 N–H and O–H groups in total. The molecule has 0 bridgehead atoms. The fraction of sp³-hybridized carbons (Fsp3) is 0.606. The van der Waals surface area contributed by atoms with Gasteiger partial charge in [0.1, 0.15) is 17.8 Å². The molecule has 0 heterocycles. The van der Waals surface area contributed by atoms with Crippen LogP contribution in [-0.2, 0) is 38.9 Å². The number of carboxylic acid groups (broad SMARTS) is 2. The number of unbranched alkanes of at least 4 members (excludes halogenated alkanes) is 1. The van der Waals surface area contributed by atoms with Crippen LogP contribution >= 0.6 is 0 Å². The highest BCUT2D eigenvalue weighted by molar-refractivity contribution is 7.85. The quantitative estimate of drug-likeness (QED) is 0.0587. The largest absolute Gasteiger partial charge is 0.481 e. The van der Waals surface area contributed by atoms with Gasteiger partial charge < -0.3 is 42.5 Å². The molecule has 2 atom stereocenters. The normalized spacial score (nSPS) is 12.5. The van der Waals surface area contributed by atoms with E-state index >= 15 is 0 Å². The highest BCUT2D eigenvalue weighted by Crippen LogP contribution is 2.34. The second-order valence-electron chi connectivity index (χ2n) is 13.3. The Labute approximate surface area is 304 Å². The highest BCUT2D eigenvalue weighted by Gasteiger charge is 2.41. The van der Waals surface area contributed by atoms with Gasteiger partial charge in [-0.05, 0) is 63.8 Å². The van der Waals surface area contributed by atoms with Crippen molar-refractivity contribution in [3.8, 4) is 0 Å². The van der Waals surface area contributed by atoms with Crippen LogP contribution in [0.25, 0.3) is 0 Å². The number of primary amides is 1. The second kappa shape index (κ2) is 22.2. The van der Waals surface area contributed by atoms with E-state index in [2.05, 4.69) is 35.1 Å². The first kappa shape index (κ1) is 47.2. The summed E-state index contributed by atoms with van der Waals surface area (Å²) in [5.74, 6) is -7.84. The molecule has 19 heteroatoms. The first-order chi connectivity index (χ1) is 23.9. The molecular weight excluding hydrogens is 704 g/mol. The lowest BCUT2D eigenvalue weighted by Crippen LogP contribution is -2.56. The van der Waals surface area contributed by atoms with Crippen molar-refractivity contribution in [2.75, 3.05) is 30.7 Å². The first-order valence-electron chi connectivity index (χ1n) is 16.7. The second-order valence-corrected chi connectivity index (χ2v) is 14.8. The summed E-state index contributed by atoms with van der Waals surface area (Å²) in [6, 6.07) is 3.99. The number of carboxylic acids is 2. The summed E-state index contributed by atoms with van der Waals surface area (Å²) in [7, 11) is -4.83. The van der Waals surface area contributed by atoms with Crippen LogP contribution in [0.2, 0.25) is 0 Å². The SMILES string of the molecule is CC(C)(CC(C)(C)C(=O)NC(CS(=O)(=O)O)C(=O)NC(CCC(=O)NCC(N)=O)C(=O)O)C(=O)O.CCCCNC(=O)c1ccc(NCCC)cc1. The van der Waals surface area contributed by atoms with Crippen LogP contribution in [-0.4, -0.2) is 102 Å². The van der Waals surface area contributed by atoms with Crippen molar-refractivity contribution >= 4 is 57.3 Å². The molecule has 1 aromatic rings. The van der Waals surface area contributed by atoms with E-state index in [1.807, 2.05) is 29.6 Å². The van der Waals surface area contributed by atoms with E-state index in [1.54, 1.807) is 0 Å². The zero-order valence-corrected chi connectivity index (χ0v) is 31.4. The van der Waals surface area contributed by atoms with E-state index in [1.165, 1.54) is 27.7 Å². The fourth-order valence-electron chi connectivity index (χ4n) is 4.58. The van der Waals surface area contributed by atoms with E-state index in [0.717, 1.165) is 43.6 Å². The van der Waals surface area contributed by atoms with Gasteiger partial charge in [0, 0.05) is 36.2 Å². The van der Waals surface area contributed by atoms with Crippen LogP contribution in [0.4, 0.5) is 5.69 Å². The number of nitrogens with two attached hydrogens (primary N) is 1. The molecule has 0 aliphatic rings. The van der Waals surface area contributed by atoms with Crippen LogP contribution in [0.5, 0.6) is 0 Å². The van der Waals surface area contributed by atoms with Crippen LogP contribution in [0, 0.1) is 10.8 Å². The van der Waals surface area contributed by atoms with Gasteiger partial charge in [-0.15, -0.1) is 0 Å². The number of hydrogen-bond acceptors (Lipinski definition) is 10. The number of carbonyl (C=O) groups excluding carboxylic acids is 5. The molecule has 1 aromatic carbocycles. The lowest BCUT2D eigenvalue weighted by atomic mass is 9.74. The van der Waals surface area contributed by atoms with Gasteiger partial charge >= 0.3 is 11.9 Å². The molecule has 0 radical (unpaired) electrons. The number of hydrogen-bond donors (Lipinski definition) is 9. The van der Waals surface area contributed by atoms with Gasteiger partial charge in [0.2, 0.25) is 23.6 Å². The maximum atomic E-state index is 12.8. The van der Waals surface area contributed by atoms with Crippen molar-refractivity contribution in [3.63, 3.8) is 0 Å². The molecule has 52 heavy (non-hydrogen) atoms. The Kier molecular flexibility index (Phi) is 20.2. The van der Waals surface area contributed by atoms with Gasteiger partial charge in [0.15, 0.2) is 0 Å². The van der Waals surface area contributed by atoms with Crippen LogP contribution in [0.3, 0.4) is 0 Å². The number of carbonyl (C=O) groups is 7. The maximum Gasteiger partial charge on any atom is 0.326 e. The Hall–Kier alpha value is -4.78. The van der Waals surface area contributed by atoms with E-state index in [4.69, 9.17) is 5.73 Å². The maximum absolute atomic E-state index is 12.8. The Morgan fingerprint density at radius 1 is 0.827 bits per heavy atom. The molecule has 0 aliphatic heterocycles. The lowest BCUT2D eigenvalue weighted by Gasteiger charge is -2.32. The molecule has 2 unspecified atom stereocenters. The summed E-state index contributed by atoms with van der Waals surface area (Å²) in [6.45, 7) is 10.9. The van der Waals surface area contributed by atoms with E-state index in [0.29, 0.717) is 0 Å². The summed E-state index contributed by atoms with van der Waals surface area (Å²) in [5, 5.41) is 31.0. The van der Waals surface area contributed by atoms with Crippen molar-refractivity contribution in [2.45, 2.75) is 92.2 Å². The Balaban J connectivity index is 0.00000127. The third-order valence-electron chi connectivity index (χ3n) is 7.35. The van der Waals surface area contributed by atoms with Crippen LogP contribution < -0.4 is 32.3 Å². The summed E-state index contributed by atoms with van der Waals surface area (Å²) >= 11 is 0. The number of benzene rings is 1. The predicted octanol–water partition coefficient (Wildman–Crippen LogP) is 0.876. The van der Waals surface area contributed by atoms with Gasteiger partial charge in [-0.3, -0.25) is 33.3 Å². The van der Waals surface area contributed by atoms with Crippen LogP contribution in [0.15, 0.2) is 24.3 Å². The molecule has 0 saturated carbocycles. The molecule has 0 aliphatic carbocycles. The van der Waals surface area contributed by atoms with Gasteiger partial charge in [-0.2, -0.15) is 8.42 Å². The number of rotatable bonds is 22. The fourth-order valence-corrected chi connectivity index (χ4v) is 5.23. The smallest absolute Gasteiger partial charge is 0.326 e. The number of nitrogens with one attached hydrogen (secondary N) is 5. The lowest BCUT2D eigenvalue weighted by molar-refractivity contribution is -0.150. The van der Waals surface area contributed by atoms with Crippen molar-refractivity contribution in [3.05, 3.63) is 29.8 Å². The first-order valence-corrected chi connectivity index (χ1v) is 18.3. The molecule has 0 saturated heterocycles. The zero-order valence-electron chi connectivity index (χ0n) is 30.5. The third-order valence-corrected chi connectivity index (χ3v) is 8.11. The zero-order chi connectivity index (χ0) is 40.3. The van der Waals surface area contributed by atoms with Gasteiger partial charge in [-0.25, -0.2) is 4.79 Å². The number of amides is 5. The van der Waals surface area contributed by atoms with E-state index < -0.39 is 93.7 Å². The van der Waals surface area contributed by atoms with E-state index in [-0.39, 0.29) is 12.3 Å². The summed E-state index contributed by atoms with van der Waals surface area (Å²) < 4.78 is 32.0. The Morgan fingerprint density at radius 2 is 1.42 bits per heavy atom. The van der Waals surface area contributed by atoms with Gasteiger partial charge in [-0.1, -0.05) is 34.1 Å². The third kappa shape index (κ3) is 19.6.